The molecule has 0 radical (unpaired) electrons. The van der Waals surface area contributed by atoms with E-state index < -0.39 is 23.3 Å². The van der Waals surface area contributed by atoms with Gasteiger partial charge in [0.05, 0.1) is 5.56 Å². The smallest absolute Gasteiger partial charge is 0.342 e. The van der Waals surface area contributed by atoms with Crippen LogP contribution >= 0.6 is 0 Å². The Morgan fingerprint density at radius 2 is 1.79 bits per heavy atom. The number of unbranched alkanes of at least 4 members (excludes halogenated alkanes) is 2. The van der Waals surface area contributed by atoms with Crippen molar-refractivity contribution in [2.24, 2.45) is 5.92 Å². The number of hydrogen-bond donors (Lipinski definition) is 2. The molecule has 0 saturated heterocycles. The predicted octanol–water partition coefficient (Wildman–Crippen LogP) is 9.83. The van der Waals surface area contributed by atoms with Gasteiger partial charge in [-0.1, -0.05) is 56.9 Å². The van der Waals surface area contributed by atoms with Crippen molar-refractivity contribution >= 4 is 11.5 Å². The summed E-state index contributed by atoms with van der Waals surface area (Å²) in [5.41, 5.74) is 5.59. The number of carbonyl (C=O) groups excluding carboxylic acids is 1. The molecule has 4 atom stereocenters. The van der Waals surface area contributed by atoms with Gasteiger partial charge in [-0.05, 0) is 120 Å². The zero-order chi connectivity index (χ0) is 34.5. The number of aryl methyl sites for hydroxylation is 2. The number of allylic oxidation sites excluding steroid dienone is 3. The molecular formula is C41H52O7. The van der Waals surface area contributed by atoms with Crippen LogP contribution in [0.3, 0.4) is 0 Å². The van der Waals surface area contributed by atoms with Crippen LogP contribution in [-0.4, -0.2) is 33.5 Å². The van der Waals surface area contributed by atoms with Crippen molar-refractivity contribution in [1.82, 2.24) is 0 Å². The van der Waals surface area contributed by atoms with Gasteiger partial charge in [0.15, 0.2) is 11.9 Å². The summed E-state index contributed by atoms with van der Waals surface area (Å²) in [5, 5.41) is 23.4. The predicted molar refractivity (Wildman–Crippen MR) is 188 cm³/mol. The Kier molecular flexibility index (Phi) is 9.22. The second-order valence-electron chi connectivity index (χ2n) is 15.2. The van der Waals surface area contributed by atoms with E-state index >= 15 is 0 Å². The maximum atomic E-state index is 14.5. The Morgan fingerprint density at radius 1 is 1.04 bits per heavy atom. The third-order valence-corrected chi connectivity index (χ3v) is 11.0. The first kappa shape index (κ1) is 34.2. The Morgan fingerprint density at radius 3 is 2.50 bits per heavy atom. The summed E-state index contributed by atoms with van der Waals surface area (Å²) < 4.78 is 13.1. The van der Waals surface area contributed by atoms with Gasteiger partial charge < -0.3 is 24.6 Å². The van der Waals surface area contributed by atoms with Crippen molar-refractivity contribution in [1.29, 1.82) is 0 Å². The zero-order valence-corrected chi connectivity index (χ0v) is 29.8. The number of aromatic hydroxyl groups is 2. The monoisotopic (exact) mass is 656 g/mol. The average Bonchev–Trinajstić information content (AvgIpc) is 3.00. The molecular weight excluding hydrogens is 604 g/mol. The summed E-state index contributed by atoms with van der Waals surface area (Å²) in [5.74, 6) is 0.247. The van der Waals surface area contributed by atoms with E-state index in [4.69, 9.17) is 19.2 Å². The number of phenols is 2. The van der Waals surface area contributed by atoms with Gasteiger partial charge in [-0.15, -0.1) is 0 Å². The van der Waals surface area contributed by atoms with Crippen molar-refractivity contribution in [3.8, 4) is 23.0 Å². The molecule has 258 valence electrons. The molecule has 0 spiro atoms. The minimum Gasteiger partial charge on any atom is -0.507 e. The summed E-state index contributed by atoms with van der Waals surface area (Å²) in [6, 6.07) is 5.77. The number of hydrogen-bond acceptors (Lipinski definition) is 7. The minimum absolute atomic E-state index is 0.00328. The normalized spacial score (nSPS) is 25.4. The quantitative estimate of drug-likeness (QED) is 0.114. The van der Waals surface area contributed by atoms with Crippen LogP contribution in [0.2, 0.25) is 0 Å². The van der Waals surface area contributed by atoms with E-state index in [-0.39, 0.29) is 28.9 Å². The van der Waals surface area contributed by atoms with Crippen LogP contribution in [-0.2, 0) is 22.5 Å². The first-order chi connectivity index (χ1) is 22.8. The van der Waals surface area contributed by atoms with Crippen molar-refractivity contribution in [2.45, 2.75) is 136 Å². The van der Waals surface area contributed by atoms with Gasteiger partial charge in [0, 0.05) is 17.1 Å². The highest BCUT2D eigenvalue weighted by atomic mass is 17.2. The molecule has 2 unspecified atom stereocenters. The summed E-state index contributed by atoms with van der Waals surface area (Å²) in [6.45, 7) is 18.6. The fourth-order valence-electron chi connectivity index (χ4n) is 8.40. The standard InChI is InChI=1S/C41H52O7/c1-9-11-12-14-26-22-30(42)34(28-19-24(5)15-16-27(28)23(3)4)37(43)33(26)39(44)46-41(8)18-17-29-35-36-31(45-40(29,6)7)20-25(13-10-2)21-32(36)47-48-38(35)41/h19-22,27-28,38,42-43H,3,9-18H2,1-2,4-8H3/t27-,28+,38?,41?/m0/s1. The first-order valence-corrected chi connectivity index (χ1v) is 17.9. The van der Waals surface area contributed by atoms with E-state index in [1.54, 1.807) is 6.07 Å². The number of carbonyl (C=O) groups is 1. The van der Waals surface area contributed by atoms with Gasteiger partial charge in [-0.3, -0.25) is 0 Å². The van der Waals surface area contributed by atoms with Gasteiger partial charge in [0.2, 0.25) is 0 Å². The van der Waals surface area contributed by atoms with Crippen LogP contribution < -0.4 is 9.62 Å². The number of rotatable bonds is 10. The Bertz CT molecular complexity index is 1690. The number of esters is 1. The lowest BCUT2D eigenvalue weighted by Gasteiger charge is -2.49. The van der Waals surface area contributed by atoms with Crippen molar-refractivity contribution in [3.63, 3.8) is 0 Å². The SMILES string of the molecule is C=C(C)[C@@H]1CCC(C)=C[C@H]1c1c(O)cc(CCCCC)c(C(=O)OC2(C)CCC3=C4c5c(cc(CCC)cc5OC3(C)C)OOC42)c1O. The molecule has 0 amide bonds. The van der Waals surface area contributed by atoms with Gasteiger partial charge in [0.25, 0.3) is 0 Å². The molecule has 7 nitrogen and oxygen atoms in total. The van der Waals surface area contributed by atoms with Crippen LogP contribution in [0, 0.1) is 5.92 Å². The molecule has 2 heterocycles. The molecule has 0 saturated carbocycles. The van der Waals surface area contributed by atoms with Gasteiger partial charge in [-0.25, -0.2) is 4.79 Å². The van der Waals surface area contributed by atoms with E-state index in [1.807, 2.05) is 19.9 Å². The molecule has 4 aliphatic rings. The number of ether oxygens (including phenoxy) is 2. The number of phenolic OH excluding ortho intramolecular Hbond substituents is 2. The largest absolute Gasteiger partial charge is 0.507 e. The lowest BCUT2D eigenvalue weighted by atomic mass is 9.70. The van der Waals surface area contributed by atoms with E-state index in [0.717, 1.165) is 78.5 Å². The second kappa shape index (κ2) is 13.0. The molecule has 0 fully saturated rings. The lowest BCUT2D eigenvalue weighted by Crippen LogP contribution is -2.53. The van der Waals surface area contributed by atoms with Crippen LogP contribution in [0.15, 0.2) is 47.6 Å². The van der Waals surface area contributed by atoms with E-state index in [9.17, 15) is 15.0 Å². The zero-order valence-electron chi connectivity index (χ0n) is 29.8. The molecule has 2 aliphatic carbocycles. The van der Waals surface area contributed by atoms with E-state index in [0.29, 0.717) is 36.1 Å². The third-order valence-electron chi connectivity index (χ3n) is 11.0. The molecule has 2 N–H and O–H groups in total. The van der Waals surface area contributed by atoms with Crippen LogP contribution in [0.4, 0.5) is 0 Å². The fourth-order valence-corrected chi connectivity index (χ4v) is 8.40. The average molecular weight is 657 g/mol. The lowest BCUT2D eigenvalue weighted by molar-refractivity contribution is -0.273. The summed E-state index contributed by atoms with van der Waals surface area (Å²) in [7, 11) is 0. The summed E-state index contributed by atoms with van der Waals surface area (Å²) in [6.07, 6.45) is 9.49. The maximum Gasteiger partial charge on any atom is 0.342 e. The van der Waals surface area contributed by atoms with Crippen LogP contribution in [0.25, 0.3) is 5.57 Å². The van der Waals surface area contributed by atoms with Crippen molar-refractivity contribution < 1.29 is 34.3 Å². The Balaban J connectivity index is 1.41. The Labute approximate surface area is 285 Å². The molecule has 7 heteroatoms. The van der Waals surface area contributed by atoms with Crippen LogP contribution in [0.5, 0.6) is 23.0 Å². The first-order valence-electron chi connectivity index (χ1n) is 17.9. The molecule has 0 aromatic heterocycles. The highest BCUT2D eigenvalue weighted by molar-refractivity contribution is 5.96. The minimum atomic E-state index is -1.10. The van der Waals surface area contributed by atoms with Crippen molar-refractivity contribution in [3.05, 3.63) is 75.4 Å². The molecule has 6 rings (SSSR count). The molecule has 0 bridgehead atoms. The maximum absolute atomic E-state index is 14.5. The molecule has 2 aliphatic heterocycles. The van der Waals surface area contributed by atoms with Gasteiger partial charge >= 0.3 is 5.97 Å². The van der Waals surface area contributed by atoms with Crippen molar-refractivity contribution in [2.75, 3.05) is 0 Å². The molecule has 2 aromatic rings. The van der Waals surface area contributed by atoms with Gasteiger partial charge in [0.1, 0.15) is 34.0 Å². The number of benzene rings is 2. The topological polar surface area (TPSA) is 94.5 Å². The fraction of sp³-hybridized carbons (Fsp3) is 0.537. The van der Waals surface area contributed by atoms with E-state index in [1.165, 1.54) is 5.57 Å². The van der Waals surface area contributed by atoms with Crippen LogP contribution in [0.1, 0.15) is 138 Å². The summed E-state index contributed by atoms with van der Waals surface area (Å²) >= 11 is 0. The molecule has 2 aromatic carbocycles. The van der Waals surface area contributed by atoms with E-state index in [2.05, 4.69) is 53.3 Å². The molecule has 48 heavy (non-hydrogen) atoms. The summed E-state index contributed by atoms with van der Waals surface area (Å²) in [4.78, 5) is 26.6. The second-order valence-corrected chi connectivity index (χ2v) is 15.2. The highest BCUT2D eigenvalue weighted by Crippen LogP contribution is 2.57. The third kappa shape index (κ3) is 5.93. The van der Waals surface area contributed by atoms with Gasteiger partial charge in [-0.2, -0.15) is 4.89 Å². The Hall–Kier alpha value is -3.71. The highest BCUT2D eigenvalue weighted by Gasteiger charge is 2.54.